The number of hydrogen-bond donors (Lipinski definition) is 2. The van der Waals surface area contributed by atoms with Crippen LogP contribution in [0.3, 0.4) is 0 Å². The van der Waals surface area contributed by atoms with Gasteiger partial charge in [0.1, 0.15) is 11.3 Å². The molecule has 1 aliphatic carbocycles. The van der Waals surface area contributed by atoms with Gasteiger partial charge in [-0.05, 0) is 39.4 Å². The van der Waals surface area contributed by atoms with E-state index in [1.54, 1.807) is 13.3 Å². The highest BCUT2D eigenvalue weighted by atomic mass is 16.5. The molecule has 4 N–H and O–H groups in total. The molecule has 9 nitrogen and oxygen atoms in total. The number of rotatable bonds is 5. The molecule has 0 saturated carbocycles. The highest BCUT2D eigenvalue weighted by Crippen LogP contribution is 2.40. The van der Waals surface area contributed by atoms with Crippen LogP contribution in [-0.4, -0.2) is 69.9 Å². The SMILES string of the molecule is COC1=C(N)CC(N)(c2nccc(-c3cnn4c3CCCC4)n2)C(N2CC(N(C)C)C2)=C1. The van der Waals surface area contributed by atoms with Gasteiger partial charge in [-0.1, -0.05) is 0 Å². The average Bonchev–Trinajstić information content (AvgIpc) is 3.18. The van der Waals surface area contributed by atoms with Crippen LogP contribution in [0, 0.1) is 0 Å². The van der Waals surface area contributed by atoms with Gasteiger partial charge in [0.25, 0.3) is 0 Å². The summed E-state index contributed by atoms with van der Waals surface area (Å²) in [5.74, 6) is 1.24. The smallest absolute Gasteiger partial charge is 0.155 e. The van der Waals surface area contributed by atoms with Crippen LogP contribution in [0.15, 0.2) is 41.7 Å². The molecule has 9 heteroatoms. The molecular weight excluding hydrogens is 404 g/mol. The summed E-state index contributed by atoms with van der Waals surface area (Å²) in [6.45, 7) is 2.75. The first-order valence-corrected chi connectivity index (χ1v) is 11.2. The van der Waals surface area contributed by atoms with E-state index in [2.05, 4.69) is 38.7 Å². The summed E-state index contributed by atoms with van der Waals surface area (Å²) in [6, 6.07) is 2.43. The van der Waals surface area contributed by atoms with Crippen LogP contribution in [0.1, 0.15) is 30.8 Å². The van der Waals surface area contributed by atoms with Crippen molar-refractivity contribution in [3.05, 3.63) is 53.2 Å². The van der Waals surface area contributed by atoms with E-state index in [0.29, 0.717) is 29.7 Å². The van der Waals surface area contributed by atoms with Crippen molar-refractivity contribution in [2.45, 2.75) is 43.8 Å². The van der Waals surface area contributed by atoms with Crippen molar-refractivity contribution in [2.24, 2.45) is 11.5 Å². The second kappa shape index (κ2) is 7.90. The Morgan fingerprint density at radius 2 is 2.06 bits per heavy atom. The summed E-state index contributed by atoms with van der Waals surface area (Å²) in [5, 5.41) is 4.57. The maximum absolute atomic E-state index is 7.08. The van der Waals surface area contributed by atoms with E-state index in [-0.39, 0.29) is 0 Å². The third-order valence-corrected chi connectivity index (χ3v) is 6.98. The summed E-state index contributed by atoms with van der Waals surface area (Å²) in [7, 11) is 5.84. The molecule has 0 radical (unpaired) electrons. The molecule has 170 valence electrons. The minimum absolute atomic E-state index is 0.403. The molecule has 1 atom stereocenters. The van der Waals surface area contributed by atoms with Crippen LogP contribution in [0.4, 0.5) is 0 Å². The fraction of sp³-hybridized carbons (Fsp3) is 0.522. The molecule has 5 rings (SSSR count). The second-order valence-corrected chi connectivity index (χ2v) is 9.24. The average molecular weight is 437 g/mol. The van der Waals surface area contributed by atoms with Gasteiger partial charge in [0, 0.05) is 61.3 Å². The Bertz CT molecular complexity index is 1080. The maximum Gasteiger partial charge on any atom is 0.155 e. The third-order valence-electron chi connectivity index (χ3n) is 6.98. The molecule has 0 aromatic carbocycles. The van der Waals surface area contributed by atoms with Crippen LogP contribution >= 0.6 is 0 Å². The van der Waals surface area contributed by atoms with Crippen molar-refractivity contribution in [3.63, 3.8) is 0 Å². The molecule has 32 heavy (non-hydrogen) atoms. The van der Waals surface area contributed by atoms with Crippen LogP contribution < -0.4 is 11.5 Å². The summed E-state index contributed by atoms with van der Waals surface area (Å²) in [4.78, 5) is 14.1. The van der Waals surface area contributed by atoms with Crippen LogP contribution in [0.2, 0.25) is 0 Å². The van der Waals surface area contributed by atoms with E-state index in [0.717, 1.165) is 43.0 Å². The summed E-state index contributed by atoms with van der Waals surface area (Å²) >= 11 is 0. The van der Waals surface area contributed by atoms with Gasteiger partial charge in [0.2, 0.25) is 0 Å². The number of allylic oxidation sites excluding steroid dienone is 1. The number of ether oxygens (including phenoxy) is 1. The monoisotopic (exact) mass is 436 g/mol. The minimum atomic E-state index is -0.924. The van der Waals surface area contributed by atoms with Gasteiger partial charge < -0.3 is 26.0 Å². The number of likely N-dealkylation sites (tertiary alicyclic amines) is 1. The molecule has 0 amide bonds. The largest absolute Gasteiger partial charge is 0.495 e. The van der Waals surface area contributed by atoms with E-state index >= 15 is 0 Å². The molecule has 1 unspecified atom stereocenters. The molecule has 4 heterocycles. The second-order valence-electron chi connectivity index (χ2n) is 9.24. The Morgan fingerprint density at radius 1 is 1.25 bits per heavy atom. The van der Waals surface area contributed by atoms with E-state index in [1.165, 1.54) is 18.5 Å². The molecule has 0 bridgehead atoms. The number of hydrogen-bond acceptors (Lipinski definition) is 8. The molecule has 3 aliphatic rings. The number of fused-ring (bicyclic) bond motifs is 1. The Morgan fingerprint density at radius 3 is 2.81 bits per heavy atom. The highest BCUT2D eigenvalue weighted by Gasteiger charge is 2.45. The first-order chi connectivity index (χ1) is 15.4. The van der Waals surface area contributed by atoms with Crippen LogP contribution in [-0.2, 0) is 23.2 Å². The first kappa shape index (κ1) is 21.0. The third kappa shape index (κ3) is 3.36. The zero-order valence-corrected chi connectivity index (χ0v) is 19.1. The van der Waals surface area contributed by atoms with Crippen LogP contribution in [0.5, 0.6) is 0 Å². The van der Waals surface area contributed by atoms with Crippen molar-refractivity contribution in [2.75, 3.05) is 34.3 Å². The predicted molar refractivity (Wildman–Crippen MR) is 122 cm³/mol. The van der Waals surface area contributed by atoms with Crippen molar-refractivity contribution in [1.29, 1.82) is 0 Å². The van der Waals surface area contributed by atoms with Crippen molar-refractivity contribution < 1.29 is 4.74 Å². The lowest BCUT2D eigenvalue weighted by atomic mass is 9.82. The topological polar surface area (TPSA) is 111 Å². The van der Waals surface area contributed by atoms with E-state index in [4.69, 9.17) is 21.2 Å². The molecule has 1 saturated heterocycles. The lowest BCUT2D eigenvalue weighted by Gasteiger charge is -2.50. The van der Waals surface area contributed by atoms with Crippen LogP contribution in [0.25, 0.3) is 11.3 Å². The molecule has 1 fully saturated rings. The quantitative estimate of drug-likeness (QED) is 0.719. The van der Waals surface area contributed by atoms with E-state index < -0.39 is 5.54 Å². The molecule has 2 aliphatic heterocycles. The fourth-order valence-electron chi connectivity index (χ4n) is 4.92. The van der Waals surface area contributed by atoms with Crippen molar-refractivity contribution in [3.8, 4) is 11.3 Å². The number of aryl methyl sites for hydroxylation is 1. The van der Waals surface area contributed by atoms with Gasteiger partial charge in [-0.15, -0.1) is 0 Å². The molecule has 2 aromatic heterocycles. The normalized spacial score (nSPS) is 23.8. The Kier molecular flexibility index (Phi) is 5.17. The fourth-order valence-corrected chi connectivity index (χ4v) is 4.92. The first-order valence-electron chi connectivity index (χ1n) is 11.2. The molecule has 0 spiro atoms. The van der Waals surface area contributed by atoms with Gasteiger partial charge >= 0.3 is 0 Å². The van der Waals surface area contributed by atoms with Crippen molar-refractivity contribution >= 4 is 0 Å². The Hall–Kier alpha value is -2.91. The zero-order valence-electron chi connectivity index (χ0n) is 19.1. The van der Waals surface area contributed by atoms with Gasteiger partial charge in [-0.25, -0.2) is 9.97 Å². The summed E-state index contributed by atoms with van der Waals surface area (Å²) < 4.78 is 7.63. The Balaban J connectivity index is 1.53. The van der Waals surface area contributed by atoms with E-state index in [9.17, 15) is 0 Å². The Labute approximate surface area is 188 Å². The lowest BCUT2D eigenvalue weighted by molar-refractivity contribution is 0.0756. The van der Waals surface area contributed by atoms with Gasteiger partial charge in [-0.3, -0.25) is 4.68 Å². The maximum atomic E-state index is 7.08. The number of aromatic nitrogens is 4. The van der Waals surface area contributed by atoms with Gasteiger partial charge in [0.05, 0.1) is 24.7 Å². The highest BCUT2D eigenvalue weighted by molar-refractivity contribution is 5.61. The minimum Gasteiger partial charge on any atom is -0.495 e. The van der Waals surface area contributed by atoms with E-state index in [1.807, 2.05) is 18.3 Å². The number of nitrogens with two attached hydrogens (primary N) is 2. The number of likely N-dealkylation sites (N-methyl/N-ethyl adjacent to an activating group) is 1. The molecule has 2 aromatic rings. The number of nitrogens with zero attached hydrogens (tertiary/aromatic N) is 6. The zero-order chi connectivity index (χ0) is 22.5. The molecular formula is C23H32N8O. The standard InChI is InChI=1S/C23H32N8O/c1-29(2)15-13-30(14-15)21-10-20(32-3)17(24)11-23(21,25)22-26-8-7-18(28-22)16-12-27-31-9-5-4-6-19(16)31/h7-8,10,12,15H,4-6,9,11,13-14,24-25H2,1-3H3. The van der Waals surface area contributed by atoms with Gasteiger partial charge in [0.15, 0.2) is 5.82 Å². The summed E-state index contributed by atoms with van der Waals surface area (Å²) in [5.41, 5.74) is 17.2. The summed E-state index contributed by atoms with van der Waals surface area (Å²) in [6.07, 6.45) is 9.43. The number of methoxy groups -OCH3 is 1. The van der Waals surface area contributed by atoms with Crippen molar-refractivity contribution in [1.82, 2.24) is 29.5 Å². The predicted octanol–water partition coefficient (Wildman–Crippen LogP) is 1.18. The lowest BCUT2D eigenvalue weighted by Crippen LogP contribution is -2.61. The van der Waals surface area contributed by atoms with Gasteiger partial charge in [-0.2, -0.15) is 5.10 Å².